The number of benzene rings is 2. The summed E-state index contributed by atoms with van der Waals surface area (Å²) >= 11 is 2.24. The van der Waals surface area contributed by atoms with Crippen molar-refractivity contribution in [2.75, 3.05) is 26.2 Å². The topological polar surface area (TPSA) is 50.8 Å². The van der Waals surface area contributed by atoms with E-state index in [0.717, 1.165) is 26.9 Å². The van der Waals surface area contributed by atoms with Crippen molar-refractivity contribution in [2.45, 2.75) is 25.4 Å². The Bertz CT molecular complexity index is 829. The van der Waals surface area contributed by atoms with Crippen LogP contribution in [0.4, 0.5) is 13.2 Å². The zero-order valence-electron chi connectivity index (χ0n) is 16.1. The molecule has 1 fully saturated rings. The molecule has 9 heteroatoms. The number of nitrogens with one attached hydrogen (secondary N) is 1. The predicted molar refractivity (Wildman–Crippen MR) is 114 cm³/mol. The molecule has 0 radical (unpaired) electrons. The van der Waals surface area contributed by atoms with Crippen molar-refractivity contribution in [1.82, 2.24) is 10.2 Å². The predicted octanol–water partition coefficient (Wildman–Crippen LogP) is 3.75. The number of carbonyl (C=O) groups excluding carboxylic acids is 1. The molecule has 1 unspecified atom stereocenters. The second-order valence-corrected chi connectivity index (χ2v) is 8.15. The molecule has 0 aliphatic carbocycles. The largest absolute Gasteiger partial charge is 0.493 e. The number of hydrogen-bond donors (Lipinski definition) is 1. The van der Waals surface area contributed by atoms with Crippen LogP contribution in [0.25, 0.3) is 0 Å². The fraction of sp³-hybridized carbons (Fsp3) is 0.381. The maximum Gasteiger partial charge on any atom is 0.490 e. The van der Waals surface area contributed by atoms with Crippen LogP contribution in [0.15, 0.2) is 48.5 Å². The molecule has 0 amide bonds. The van der Waals surface area contributed by atoms with E-state index in [2.05, 4.69) is 32.6 Å². The van der Waals surface area contributed by atoms with E-state index in [4.69, 9.17) is 4.74 Å². The van der Waals surface area contributed by atoms with Gasteiger partial charge in [0.15, 0.2) is 6.23 Å². The molecule has 2 aromatic carbocycles. The number of nitrogens with zero attached hydrogens (tertiary/aromatic N) is 1. The third kappa shape index (κ3) is 6.85. The molecule has 162 valence electrons. The second kappa shape index (κ2) is 10.5. The number of hydrogen-bond acceptors (Lipinski definition) is 5. The van der Waals surface area contributed by atoms with Gasteiger partial charge in [-0.2, -0.15) is 13.2 Å². The van der Waals surface area contributed by atoms with Crippen molar-refractivity contribution in [2.24, 2.45) is 0 Å². The van der Waals surface area contributed by atoms with Gasteiger partial charge in [0.2, 0.25) is 0 Å². The molecule has 0 bridgehead atoms. The quantitative estimate of drug-likeness (QED) is 0.434. The fourth-order valence-electron chi connectivity index (χ4n) is 3.07. The average Bonchev–Trinajstić information content (AvgIpc) is 2.71. The first-order valence-electron chi connectivity index (χ1n) is 9.50. The lowest BCUT2D eigenvalue weighted by Gasteiger charge is -2.35. The fourth-order valence-corrected chi connectivity index (χ4v) is 3.43. The van der Waals surface area contributed by atoms with Gasteiger partial charge in [-0.15, -0.1) is 0 Å². The number of rotatable bonds is 7. The summed E-state index contributed by atoms with van der Waals surface area (Å²) in [4.78, 5) is 12.9. The highest BCUT2D eigenvalue weighted by atomic mass is 127. The van der Waals surface area contributed by atoms with Crippen molar-refractivity contribution in [3.8, 4) is 5.75 Å². The molecular formula is C21H22F3IN2O3. The van der Waals surface area contributed by atoms with Gasteiger partial charge in [0.1, 0.15) is 5.75 Å². The van der Waals surface area contributed by atoms with Crippen LogP contribution in [0, 0.1) is 3.57 Å². The highest BCUT2D eigenvalue weighted by molar-refractivity contribution is 14.1. The van der Waals surface area contributed by atoms with Crippen molar-refractivity contribution in [1.29, 1.82) is 0 Å². The summed E-state index contributed by atoms with van der Waals surface area (Å²) in [6.45, 7) is 2.22. The average molecular weight is 534 g/mol. The third-order valence-corrected chi connectivity index (χ3v) is 5.38. The number of carbonyl (C=O) groups is 1. The summed E-state index contributed by atoms with van der Waals surface area (Å²) in [7, 11) is 0. The summed E-state index contributed by atoms with van der Waals surface area (Å²) in [5, 5.41) is 2.96. The van der Waals surface area contributed by atoms with Crippen LogP contribution in [0.2, 0.25) is 0 Å². The molecule has 0 aromatic heterocycles. The summed E-state index contributed by atoms with van der Waals surface area (Å²) in [6.07, 6.45) is -5.20. The van der Waals surface area contributed by atoms with Crippen LogP contribution in [0.1, 0.15) is 11.1 Å². The van der Waals surface area contributed by atoms with Crippen LogP contribution in [0.3, 0.4) is 0 Å². The molecule has 1 atom stereocenters. The molecule has 5 nitrogen and oxygen atoms in total. The summed E-state index contributed by atoms with van der Waals surface area (Å²) in [5.74, 6) is -1.34. The maximum absolute atomic E-state index is 12.5. The van der Waals surface area contributed by atoms with Gasteiger partial charge >= 0.3 is 12.1 Å². The third-order valence-electron chi connectivity index (χ3n) is 4.66. The van der Waals surface area contributed by atoms with Gasteiger partial charge in [-0.05, 0) is 58.0 Å². The first-order chi connectivity index (χ1) is 14.3. The minimum atomic E-state index is -4.99. The molecule has 1 saturated heterocycles. The normalized spacial score (nSPS) is 17.5. The zero-order chi connectivity index (χ0) is 21.6. The van der Waals surface area contributed by atoms with E-state index in [1.807, 2.05) is 48.5 Å². The smallest absolute Gasteiger partial charge is 0.490 e. The van der Waals surface area contributed by atoms with Gasteiger partial charge in [0.25, 0.3) is 0 Å². The van der Waals surface area contributed by atoms with Gasteiger partial charge in [0, 0.05) is 36.2 Å². The highest BCUT2D eigenvalue weighted by Crippen LogP contribution is 2.20. The molecule has 1 aliphatic rings. The Morgan fingerprint density at radius 2 is 1.77 bits per heavy atom. The summed E-state index contributed by atoms with van der Waals surface area (Å²) in [6, 6.07) is 15.7. The molecular weight excluding hydrogens is 512 g/mol. The van der Waals surface area contributed by atoms with Gasteiger partial charge < -0.3 is 14.8 Å². The number of alkyl halides is 3. The summed E-state index contributed by atoms with van der Waals surface area (Å²) < 4.78 is 49.1. The molecule has 2 aromatic rings. The standard InChI is InChI=1S/C21H22F3IN2O3/c22-21(23,24)20(28)30-19-13-26-10-11-27(19)14-16-3-1-15(2-4-16)9-12-29-18-7-5-17(25)6-8-18/h1-8,19,26H,9-14H2. The molecule has 0 saturated carbocycles. The van der Waals surface area contributed by atoms with Gasteiger partial charge in [-0.25, -0.2) is 4.79 Å². The first kappa shape index (κ1) is 22.8. The first-order valence-corrected chi connectivity index (χ1v) is 10.6. The van der Waals surface area contributed by atoms with Gasteiger partial charge in [0.05, 0.1) is 6.61 Å². The molecule has 0 spiro atoms. The van der Waals surface area contributed by atoms with Crippen LogP contribution >= 0.6 is 22.6 Å². The Morgan fingerprint density at radius 1 is 1.10 bits per heavy atom. The Morgan fingerprint density at radius 3 is 2.43 bits per heavy atom. The van der Waals surface area contributed by atoms with Crippen LogP contribution in [-0.2, 0) is 22.5 Å². The van der Waals surface area contributed by atoms with Crippen molar-refractivity contribution >= 4 is 28.6 Å². The number of esters is 1. The Balaban J connectivity index is 1.51. The van der Waals surface area contributed by atoms with Crippen molar-refractivity contribution < 1.29 is 27.4 Å². The van der Waals surface area contributed by atoms with Crippen molar-refractivity contribution in [3.63, 3.8) is 0 Å². The van der Waals surface area contributed by atoms with Crippen LogP contribution < -0.4 is 10.1 Å². The minimum Gasteiger partial charge on any atom is -0.493 e. The lowest BCUT2D eigenvalue weighted by Crippen LogP contribution is -2.53. The molecule has 3 rings (SSSR count). The summed E-state index contributed by atoms with van der Waals surface area (Å²) in [5.41, 5.74) is 2.04. The number of ether oxygens (including phenoxy) is 2. The van der Waals surface area contributed by atoms with Crippen LogP contribution in [-0.4, -0.2) is 49.5 Å². The monoisotopic (exact) mass is 534 g/mol. The van der Waals surface area contributed by atoms with E-state index >= 15 is 0 Å². The van der Waals surface area contributed by atoms with E-state index in [1.54, 1.807) is 4.90 Å². The SMILES string of the molecule is O=C(OC1CNCCN1Cc1ccc(CCOc2ccc(I)cc2)cc1)C(F)(F)F. The minimum absolute atomic E-state index is 0.162. The van der Waals surface area contributed by atoms with Gasteiger partial charge in [-0.1, -0.05) is 24.3 Å². The molecule has 1 aliphatic heterocycles. The van der Waals surface area contributed by atoms with Gasteiger partial charge in [-0.3, -0.25) is 4.90 Å². The Labute approximate surface area is 186 Å². The lowest BCUT2D eigenvalue weighted by atomic mass is 10.1. The molecule has 1 N–H and O–H groups in total. The second-order valence-electron chi connectivity index (χ2n) is 6.90. The zero-order valence-corrected chi connectivity index (χ0v) is 18.3. The van der Waals surface area contributed by atoms with E-state index in [9.17, 15) is 18.0 Å². The van der Waals surface area contributed by atoms with Crippen LogP contribution in [0.5, 0.6) is 5.75 Å². The Hall–Kier alpha value is -1.85. The maximum atomic E-state index is 12.5. The molecule has 1 heterocycles. The lowest BCUT2D eigenvalue weighted by molar-refractivity contribution is -0.214. The number of halogens is 4. The molecule has 30 heavy (non-hydrogen) atoms. The van der Waals surface area contributed by atoms with E-state index in [0.29, 0.717) is 26.2 Å². The van der Waals surface area contributed by atoms with E-state index in [-0.39, 0.29) is 6.54 Å². The van der Waals surface area contributed by atoms with Crippen molar-refractivity contribution in [3.05, 3.63) is 63.2 Å². The Kier molecular flexibility index (Phi) is 7.95. The van der Waals surface area contributed by atoms with E-state index in [1.165, 1.54) is 0 Å². The van der Waals surface area contributed by atoms with E-state index < -0.39 is 18.4 Å². The highest BCUT2D eigenvalue weighted by Gasteiger charge is 2.43. The number of piperazine rings is 1.